The summed E-state index contributed by atoms with van der Waals surface area (Å²) in [4.78, 5) is 17.0. The van der Waals surface area contributed by atoms with Crippen molar-refractivity contribution in [2.45, 2.75) is 36.8 Å². The van der Waals surface area contributed by atoms with Gasteiger partial charge in [0.05, 0.1) is 17.9 Å². The van der Waals surface area contributed by atoms with Crippen molar-refractivity contribution in [2.24, 2.45) is 0 Å². The fraction of sp³-hybridized carbons (Fsp3) is 0.375. The predicted molar refractivity (Wildman–Crippen MR) is 93.5 cm³/mol. The number of halogens is 2. The Morgan fingerprint density at radius 1 is 1.33 bits per heavy atom. The van der Waals surface area contributed by atoms with Crippen molar-refractivity contribution in [3.63, 3.8) is 0 Å². The maximum atomic E-state index is 13.4. The molecule has 1 saturated carbocycles. The Balaban J connectivity index is 1.79. The standard InChI is InChI=1S/C16H15ClFN5S/c1-9(24-16(2)3-4-16)23-8-20-12-13(17)21-14(22-15(12)23)10-5-11(18)7-19-6-10/h5-9H,3-4H2,1-2H3. The highest BCUT2D eigenvalue weighted by atomic mass is 35.5. The number of nitrogens with zero attached hydrogens (tertiary/aromatic N) is 5. The average Bonchev–Trinajstić information content (AvgIpc) is 3.10. The number of thioether (sulfide) groups is 1. The highest BCUT2D eigenvalue weighted by molar-refractivity contribution is 8.00. The van der Waals surface area contributed by atoms with Gasteiger partial charge in [-0.2, -0.15) is 0 Å². The van der Waals surface area contributed by atoms with Crippen molar-refractivity contribution in [1.82, 2.24) is 24.5 Å². The maximum absolute atomic E-state index is 13.4. The van der Waals surface area contributed by atoms with Crippen LogP contribution in [0.1, 0.15) is 32.1 Å². The minimum atomic E-state index is -0.439. The SMILES string of the molecule is CC(SC1(C)CC1)n1cnc2c(Cl)nc(-c3cncc(F)c3)nc21. The molecule has 5 nitrogen and oxygen atoms in total. The number of hydrogen-bond acceptors (Lipinski definition) is 5. The fourth-order valence-electron chi connectivity index (χ4n) is 2.57. The molecular formula is C16H15ClFN5S. The summed E-state index contributed by atoms with van der Waals surface area (Å²) in [5.74, 6) is -0.0949. The summed E-state index contributed by atoms with van der Waals surface area (Å²) in [6.07, 6.45) is 6.85. The molecule has 8 heteroatoms. The van der Waals surface area contributed by atoms with E-state index in [4.69, 9.17) is 11.6 Å². The van der Waals surface area contributed by atoms with Crippen molar-refractivity contribution in [1.29, 1.82) is 0 Å². The molecule has 1 fully saturated rings. The molecule has 3 aromatic rings. The van der Waals surface area contributed by atoms with Gasteiger partial charge in [-0.3, -0.25) is 4.98 Å². The summed E-state index contributed by atoms with van der Waals surface area (Å²) in [7, 11) is 0. The fourth-order valence-corrected chi connectivity index (χ4v) is 4.22. The number of imidazole rings is 1. The Morgan fingerprint density at radius 3 is 2.83 bits per heavy atom. The number of rotatable bonds is 4. The van der Waals surface area contributed by atoms with E-state index >= 15 is 0 Å². The van der Waals surface area contributed by atoms with Crippen LogP contribution < -0.4 is 0 Å². The third-order valence-electron chi connectivity index (χ3n) is 4.14. The van der Waals surface area contributed by atoms with E-state index in [9.17, 15) is 4.39 Å². The predicted octanol–water partition coefficient (Wildman–Crippen LogP) is 4.49. The van der Waals surface area contributed by atoms with Gasteiger partial charge in [0.2, 0.25) is 0 Å². The van der Waals surface area contributed by atoms with Crippen LogP contribution in [0.2, 0.25) is 5.15 Å². The van der Waals surface area contributed by atoms with E-state index in [0.717, 1.165) is 6.20 Å². The molecule has 1 atom stereocenters. The van der Waals surface area contributed by atoms with Crippen molar-refractivity contribution in [3.05, 3.63) is 35.8 Å². The number of fused-ring (bicyclic) bond motifs is 1. The smallest absolute Gasteiger partial charge is 0.166 e. The first-order valence-corrected chi connectivity index (χ1v) is 8.90. The second kappa shape index (κ2) is 5.67. The van der Waals surface area contributed by atoms with Crippen LogP contribution in [0, 0.1) is 5.82 Å². The first-order chi connectivity index (χ1) is 11.5. The van der Waals surface area contributed by atoms with Crippen LogP contribution in [0.3, 0.4) is 0 Å². The third kappa shape index (κ3) is 2.86. The van der Waals surface area contributed by atoms with Crippen molar-refractivity contribution >= 4 is 34.5 Å². The summed E-state index contributed by atoms with van der Waals surface area (Å²) in [6.45, 7) is 4.38. The van der Waals surface area contributed by atoms with Gasteiger partial charge in [0, 0.05) is 16.5 Å². The molecule has 3 heterocycles. The van der Waals surface area contributed by atoms with E-state index in [1.807, 2.05) is 16.3 Å². The largest absolute Gasteiger partial charge is 0.303 e. The van der Waals surface area contributed by atoms with Crippen molar-refractivity contribution in [3.8, 4) is 11.4 Å². The minimum Gasteiger partial charge on any atom is -0.303 e. The van der Waals surface area contributed by atoms with Crippen LogP contribution in [-0.2, 0) is 0 Å². The van der Waals surface area contributed by atoms with E-state index in [-0.39, 0.29) is 10.5 Å². The molecule has 0 amide bonds. The Bertz CT molecular complexity index is 924. The van der Waals surface area contributed by atoms with Crippen LogP contribution in [0.5, 0.6) is 0 Å². The molecule has 0 N–H and O–H groups in total. The maximum Gasteiger partial charge on any atom is 0.166 e. The summed E-state index contributed by atoms with van der Waals surface area (Å²) < 4.78 is 15.8. The number of aromatic nitrogens is 5. The van der Waals surface area contributed by atoms with Gasteiger partial charge >= 0.3 is 0 Å². The first-order valence-electron chi connectivity index (χ1n) is 7.64. The second-order valence-electron chi connectivity index (χ2n) is 6.22. The van der Waals surface area contributed by atoms with Crippen LogP contribution in [-0.4, -0.2) is 29.3 Å². The topological polar surface area (TPSA) is 56.5 Å². The van der Waals surface area contributed by atoms with Gasteiger partial charge in [-0.25, -0.2) is 19.3 Å². The number of hydrogen-bond donors (Lipinski definition) is 0. The highest BCUT2D eigenvalue weighted by Gasteiger charge is 2.39. The van der Waals surface area contributed by atoms with E-state index < -0.39 is 5.82 Å². The summed E-state index contributed by atoms with van der Waals surface area (Å²) in [5, 5.41) is 0.430. The lowest BCUT2D eigenvalue weighted by Gasteiger charge is -2.17. The Hall–Kier alpha value is -1.73. The van der Waals surface area contributed by atoms with Crippen LogP contribution in [0.15, 0.2) is 24.8 Å². The van der Waals surface area contributed by atoms with Gasteiger partial charge in [0.25, 0.3) is 0 Å². The highest BCUT2D eigenvalue weighted by Crippen LogP contribution is 2.52. The molecule has 124 valence electrons. The van der Waals surface area contributed by atoms with Gasteiger partial charge in [-0.1, -0.05) is 18.5 Å². The monoisotopic (exact) mass is 363 g/mol. The lowest BCUT2D eigenvalue weighted by atomic mass is 10.2. The Labute approximate surface area is 147 Å². The van der Waals surface area contributed by atoms with Gasteiger partial charge in [-0.05, 0) is 25.8 Å². The van der Waals surface area contributed by atoms with Crippen LogP contribution >= 0.6 is 23.4 Å². The molecule has 0 bridgehead atoms. The van der Waals surface area contributed by atoms with Crippen molar-refractivity contribution in [2.75, 3.05) is 0 Å². The molecule has 1 unspecified atom stereocenters. The third-order valence-corrected chi connectivity index (χ3v) is 5.95. The van der Waals surface area contributed by atoms with Gasteiger partial charge in [-0.15, -0.1) is 11.8 Å². The molecule has 1 aliphatic rings. The summed E-state index contributed by atoms with van der Waals surface area (Å²) >= 11 is 8.16. The second-order valence-corrected chi connectivity index (χ2v) is 8.48. The molecule has 4 rings (SSSR count). The zero-order valence-electron chi connectivity index (χ0n) is 13.2. The minimum absolute atomic E-state index is 0.173. The summed E-state index contributed by atoms with van der Waals surface area (Å²) in [5.41, 5.74) is 1.69. The van der Waals surface area contributed by atoms with Gasteiger partial charge in [0.1, 0.15) is 11.3 Å². The quantitative estimate of drug-likeness (QED) is 0.639. The molecular weight excluding hydrogens is 349 g/mol. The lowest BCUT2D eigenvalue weighted by Crippen LogP contribution is -2.07. The van der Waals surface area contributed by atoms with E-state index in [1.165, 1.54) is 25.1 Å². The van der Waals surface area contributed by atoms with E-state index in [1.54, 1.807) is 6.33 Å². The number of pyridine rings is 1. The first kappa shape index (κ1) is 15.8. The van der Waals surface area contributed by atoms with E-state index in [2.05, 4.69) is 33.8 Å². The molecule has 0 saturated heterocycles. The van der Waals surface area contributed by atoms with Gasteiger partial charge < -0.3 is 4.57 Å². The molecule has 3 aromatic heterocycles. The molecule has 0 aliphatic heterocycles. The molecule has 1 aliphatic carbocycles. The van der Waals surface area contributed by atoms with Crippen LogP contribution in [0.4, 0.5) is 4.39 Å². The van der Waals surface area contributed by atoms with Crippen molar-refractivity contribution < 1.29 is 4.39 Å². The Kier molecular flexibility index (Phi) is 3.73. The lowest BCUT2D eigenvalue weighted by molar-refractivity contribution is 0.622. The van der Waals surface area contributed by atoms with Gasteiger partial charge in [0.15, 0.2) is 16.6 Å². The zero-order chi connectivity index (χ0) is 16.9. The zero-order valence-corrected chi connectivity index (χ0v) is 14.8. The molecule has 0 spiro atoms. The molecule has 0 radical (unpaired) electrons. The summed E-state index contributed by atoms with van der Waals surface area (Å²) in [6, 6.07) is 1.34. The molecule has 24 heavy (non-hydrogen) atoms. The molecule has 0 aromatic carbocycles. The van der Waals surface area contributed by atoms with Crippen LogP contribution in [0.25, 0.3) is 22.6 Å². The van der Waals surface area contributed by atoms with E-state index in [0.29, 0.717) is 27.3 Å². The average molecular weight is 364 g/mol. The normalized spacial score (nSPS) is 17.2. The Morgan fingerprint density at radius 2 is 2.12 bits per heavy atom.